The van der Waals surface area contributed by atoms with Crippen LogP contribution in [0, 0.1) is 16.7 Å². The fourth-order valence-corrected chi connectivity index (χ4v) is 4.43. The molecule has 0 aliphatic heterocycles. The van der Waals surface area contributed by atoms with E-state index in [1.165, 1.54) is 18.6 Å². The third kappa shape index (κ3) is 2.28. The van der Waals surface area contributed by atoms with E-state index in [-0.39, 0.29) is 16.7 Å². The molecule has 2 bridgehead atoms. The maximum atomic E-state index is 12.2. The van der Waals surface area contributed by atoms with Crippen LogP contribution in [0.1, 0.15) is 50.4 Å². The molecule has 4 heteroatoms. The molecule has 0 heterocycles. The van der Waals surface area contributed by atoms with Gasteiger partial charge in [-0.25, -0.2) is 5.43 Å². The lowest BCUT2D eigenvalue weighted by molar-refractivity contribution is 0.0954. The van der Waals surface area contributed by atoms with Gasteiger partial charge in [-0.15, -0.1) is 11.8 Å². The molecule has 2 atom stereocenters. The molecule has 1 aromatic carbocycles. The number of benzene rings is 1. The fraction of sp³-hybridized carbons (Fsp3) is 0.556. The quantitative estimate of drug-likeness (QED) is 0.665. The molecule has 1 aromatic rings. The largest absolute Gasteiger partial charge is 0.271 e. The Kier molecular flexibility index (Phi) is 3.84. The van der Waals surface area contributed by atoms with Crippen LogP contribution in [0.15, 0.2) is 34.3 Å². The average Bonchev–Trinajstić information content (AvgIpc) is 2.85. The number of carbonyl (C=O) groups is 1. The van der Waals surface area contributed by atoms with Crippen molar-refractivity contribution in [1.82, 2.24) is 5.43 Å². The van der Waals surface area contributed by atoms with Gasteiger partial charge in [-0.2, -0.15) is 5.10 Å². The lowest BCUT2D eigenvalue weighted by atomic mass is 9.70. The number of carbonyl (C=O) groups excluding carboxylic acids is 1. The Labute approximate surface area is 136 Å². The Morgan fingerprint density at radius 2 is 1.95 bits per heavy atom. The van der Waals surface area contributed by atoms with Gasteiger partial charge in [0.25, 0.3) is 5.91 Å². The first-order chi connectivity index (χ1) is 10.4. The fourth-order valence-electron chi connectivity index (χ4n) is 4.02. The first-order valence-electron chi connectivity index (χ1n) is 7.90. The second-order valence-electron chi connectivity index (χ2n) is 7.22. The molecule has 0 saturated heterocycles. The zero-order valence-corrected chi connectivity index (χ0v) is 14.6. The Morgan fingerprint density at radius 1 is 1.27 bits per heavy atom. The van der Waals surface area contributed by atoms with Crippen LogP contribution in [0.3, 0.4) is 0 Å². The average molecular weight is 316 g/mol. The van der Waals surface area contributed by atoms with Crippen molar-refractivity contribution >= 4 is 23.4 Å². The first-order valence-corrected chi connectivity index (χ1v) is 9.12. The summed E-state index contributed by atoms with van der Waals surface area (Å²) in [5.41, 5.74) is 5.02. The molecule has 0 aromatic heterocycles. The van der Waals surface area contributed by atoms with Crippen LogP contribution >= 0.6 is 11.8 Å². The third-order valence-electron chi connectivity index (χ3n) is 6.16. The van der Waals surface area contributed by atoms with E-state index in [4.69, 9.17) is 0 Å². The summed E-state index contributed by atoms with van der Waals surface area (Å²) in [6.45, 7) is 6.99. The Balaban J connectivity index is 1.73. The van der Waals surface area contributed by atoms with Gasteiger partial charge in [0.05, 0.1) is 0 Å². The van der Waals surface area contributed by atoms with Crippen LogP contribution < -0.4 is 5.43 Å². The molecular weight excluding hydrogens is 292 g/mol. The molecule has 118 valence electrons. The first kappa shape index (κ1) is 15.6. The lowest BCUT2D eigenvalue weighted by Gasteiger charge is -2.34. The summed E-state index contributed by atoms with van der Waals surface area (Å²) in [5.74, 6) is 0.582. The van der Waals surface area contributed by atoms with E-state index in [1.807, 2.05) is 30.5 Å². The van der Waals surface area contributed by atoms with E-state index >= 15 is 0 Å². The smallest absolute Gasteiger partial charge is 0.267 e. The van der Waals surface area contributed by atoms with Crippen molar-refractivity contribution in [2.45, 2.75) is 44.9 Å². The molecule has 1 N–H and O–H groups in total. The molecule has 0 spiro atoms. The van der Waals surface area contributed by atoms with Gasteiger partial charge < -0.3 is 0 Å². The van der Waals surface area contributed by atoms with Crippen LogP contribution in [0.4, 0.5) is 0 Å². The van der Waals surface area contributed by atoms with Gasteiger partial charge in [0.1, 0.15) is 0 Å². The Hall–Kier alpha value is -1.29. The number of amides is 1. The molecule has 0 radical (unpaired) electrons. The predicted octanol–water partition coefficient (Wildman–Crippen LogP) is 4.34. The van der Waals surface area contributed by atoms with Crippen molar-refractivity contribution in [3.05, 3.63) is 29.8 Å². The molecule has 2 aliphatic rings. The van der Waals surface area contributed by atoms with E-state index in [0.29, 0.717) is 11.5 Å². The number of hydrogen-bond acceptors (Lipinski definition) is 3. The van der Waals surface area contributed by atoms with Gasteiger partial charge in [-0.1, -0.05) is 20.8 Å². The summed E-state index contributed by atoms with van der Waals surface area (Å²) in [6, 6.07) is 7.64. The van der Waals surface area contributed by atoms with E-state index in [0.717, 1.165) is 11.3 Å². The number of nitrogens with zero attached hydrogens (tertiary/aromatic N) is 1. The van der Waals surface area contributed by atoms with Crippen LogP contribution in [-0.4, -0.2) is 17.9 Å². The molecule has 1 amide bonds. The second kappa shape index (κ2) is 5.41. The van der Waals surface area contributed by atoms with Gasteiger partial charge in [-0.05, 0) is 61.1 Å². The Bertz CT molecular complexity index is 620. The van der Waals surface area contributed by atoms with E-state index in [1.54, 1.807) is 11.8 Å². The minimum Gasteiger partial charge on any atom is -0.267 e. The highest BCUT2D eigenvalue weighted by Crippen LogP contribution is 2.63. The zero-order chi connectivity index (χ0) is 16.0. The van der Waals surface area contributed by atoms with Crippen molar-refractivity contribution in [2.75, 3.05) is 6.26 Å². The molecule has 2 saturated carbocycles. The van der Waals surface area contributed by atoms with E-state index < -0.39 is 0 Å². The highest BCUT2D eigenvalue weighted by molar-refractivity contribution is 7.98. The molecular formula is C18H24N2OS. The van der Waals surface area contributed by atoms with Crippen LogP contribution in [-0.2, 0) is 0 Å². The van der Waals surface area contributed by atoms with Crippen molar-refractivity contribution in [2.24, 2.45) is 21.8 Å². The van der Waals surface area contributed by atoms with Crippen LogP contribution in [0.25, 0.3) is 0 Å². The number of hydrazone groups is 1. The number of rotatable bonds is 3. The van der Waals surface area contributed by atoms with Gasteiger partial charge >= 0.3 is 0 Å². The highest BCUT2D eigenvalue weighted by atomic mass is 32.2. The van der Waals surface area contributed by atoms with Crippen molar-refractivity contribution in [3.8, 4) is 0 Å². The maximum Gasteiger partial charge on any atom is 0.271 e. The summed E-state index contributed by atoms with van der Waals surface area (Å²) < 4.78 is 0. The predicted molar refractivity (Wildman–Crippen MR) is 92.4 cm³/mol. The monoisotopic (exact) mass is 316 g/mol. The second-order valence-corrected chi connectivity index (χ2v) is 8.10. The van der Waals surface area contributed by atoms with E-state index in [2.05, 4.69) is 31.3 Å². The zero-order valence-electron chi connectivity index (χ0n) is 13.8. The van der Waals surface area contributed by atoms with Gasteiger partial charge in [-0.3, -0.25) is 4.79 Å². The van der Waals surface area contributed by atoms with Crippen molar-refractivity contribution in [3.63, 3.8) is 0 Å². The van der Waals surface area contributed by atoms with Crippen LogP contribution in [0.5, 0.6) is 0 Å². The van der Waals surface area contributed by atoms with Gasteiger partial charge in [0, 0.05) is 21.6 Å². The maximum absolute atomic E-state index is 12.2. The number of hydrogen-bond donors (Lipinski definition) is 1. The number of fused-ring (bicyclic) bond motifs is 2. The summed E-state index contributed by atoms with van der Waals surface area (Å²) in [5, 5.41) is 4.50. The summed E-state index contributed by atoms with van der Waals surface area (Å²) in [7, 11) is 0. The number of nitrogens with one attached hydrogen (secondary N) is 1. The molecule has 3 nitrogen and oxygen atoms in total. The van der Waals surface area contributed by atoms with Crippen molar-refractivity contribution in [1.29, 1.82) is 0 Å². The minimum absolute atomic E-state index is 0.121. The van der Waals surface area contributed by atoms with Gasteiger partial charge in [0.15, 0.2) is 0 Å². The number of thioether (sulfide) groups is 1. The van der Waals surface area contributed by atoms with Gasteiger partial charge in [0.2, 0.25) is 0 Å². The summed E-state index contributed by atoms with van der Waals surface area (Å²) in [6.07, 6.45) is 5.52. The standard InChI is InChI=1S/C18H24N2OS/c1-17(2)13-9-10-18(17,3)15(11-13)19-20-16(21)12-5-7-14(22-4)8-6-12/h5-8,13H,9-11H2,1-4H3,(H,20,21)/b19-15-/t13-,18-/m0/s1. The van der Waals surface area contributed by atoms with Crippen LogP contribution in [0.2, 0.25) is 0 Å². The molecule has 3 rings (SSSR count). The lowest BCUT2D eigenvalue weighted by Crippen LogP contribution is -2.34. The van der Waals surface area contributed by atoms with Crippen molar-refractivity contribution < 1.29 is 4.79 Å². The molecule has 0 unspecified atom stereocenters. The SMILES string of the molecule is CSc1ccc(C(=O)N/N=C2/C[C@@H]3CC[C@]2(C)C3(C)C)cc1. The third-order valence-corrected chi connectivity index (χ3v) is 6.90. The summed E-state index contributed by atoms with van der Waals surface area (Å²) in [4.78, 5) is 13.4. The Morgan fingerprint density at radius 3 is 2.45 bits per heavy atom. The molecule has 22 heavy (non-hydrogen) atoms. The highest BCUT2D eigenvalue weighted by Gasteiger charge is 2.59. The van der Waals surface area contributed by atoms with E-state index in [9.17, 15) is 4.79 Å². The summed E-state index contributed by atoms with van der Waals surface area (Å²) >= 11 is 1.67. The normalized spacial score (nSPS) is 30.7. The topological polar surface area (TPSA) is 41.5 Å². The molecule has 2 aliphatic carbocycles. The minimum atomic E-state index is -0.121. The molecule has 2 fully saturated rings.